The highest BCUT2D eigenvalue weighted by Crippen LogP contribution is 2.30. The zero-order valence-corrected chi connectivity index (χ0v) is 17.4. The first-order chi connectivity index (χ1) is 12.9. The quantitative estimate of drug-likeness (QED) is 0.585. The van der Waals surface area contributed by atoms with Crippen LogP contribution in [0, 0.1) is 0 Å². The predicted octanol–water partition coefficient (Wildman–Crippen LogP) is 5.60. The third-order valence-corrected chi connectivity index (χ3v) is 4.67. The van der Waals surface area contributed by atoms with Gasteiger partial charge in [-0.05, 0) is 62.6 Å². The summed E-state index contributed by atoms with van der Waals surface area (Å²) in [4.78, 5) is 12.3. The maximum atomic E-state index is 12.3. The maximum absolute atomic E-state index is 12.3. The van der Waals surface area contributed by atoms with Gasteiger partial charge in [0.25, 0.3) is 0 Å². The lowest BCUT2D eigenvalue weighted by atomic mass is 10.1. The zero-order valence-electron chi connectivity index (χ0n) is 15.9. The van der Waals surface area contributed by atoms with Crippen LogP contribution in [0.4, 0.5) is 0 Å². The summed E-state index contributed by atoms with van der Waals surface area (Å²) in [6.45, 7) is 6.92. The van der Waals surface area contributed by atoms with E-state index < -0.39 is 0 Å². The van der Waals surface area contributed by atoms with Crippen LogP contribution < -0.4 is 14.8 Å². The Bertz CT molecular complexity index is 780. The average Bonchev–Trinajstić information content (AvgIpc) is 2.62. The SMILES string of the molecule is CCOc1ccc([C@@H](C)NC(=O)CCc2ccc(Cl)cc2Cl)cc1OCC. The summed E-state index contributed by atoms with van der Waals surface area (Å²) in [7, 11) is 0. The molecule has 0 aromatic heterocycles. The summed E-state index contributed by atoms with van der Waals surface area (Å²) < 4.78 is 11.2. The maximum Gasteiger partial charge on any atom is 0.220 e. The molecule has 1 atom stereocenters. The van der Waals surface area contributed by atoms with Gasteiger partial charge in [0, 0.05) is 16.5 Å². The van der Waals surface area contributed by atoms with Crippen LogP contribution >= 0.6 is 23.2 Å². The number of carbonyl (C=O) groups excluding carboxylic acids is 1. The van der Waals surface area contributed by atoms with Gasteiger partial charge in [-0.25, -0.2) is 0 Å². The van der Waals surface area contributed by atoms with Crippen molar-refractivity contribution in [2.75, 3.05) is 13.2 Å². The molecule has 1 amide bonds. The van der Waals surface area contributed by atoms with E-state index in [4.69, 9.17) is 32.7 Å². The van der Waals surface area contributed by atoms with Crippen LogP contribution in [0.15, 0.2) is 36.4 Å². The van der Waals surface area contributed by atoms with E-state index >= 15 is 0 Å². The van der Waals surface area contributed by atoms with Gasteiger partial charge in [0.2, 0.25) is 5.91 Å². The lowest BCUT2D eigenvalue weighted by Gasteiger charge is -2.17. The smallest absolute Gasteiger partial charge is 0.220 e. The molecule has 0 radical (unpaired) electrons. The normalized spacial score (nSPS) is 11.7. The van der Waals surface area contributed by atoms with Crippen LogP contribution in [-0.4, -0.2) is 19.1 Å². The second kappa shape index (κ2) is 10.4. The fourth-order valence-corrected chi connectivity index (χ4v) is 3.21. The van der Waals surface area contributed by atoms with E-state index in [1.165, 1.54) is 0 Å². The molecule has 0 heterocycles. The van der Waals surface area contributed by atoms with Crippen LogP contribution in [0.1, 0.15) is 44.4 Å². The van der Waals surface area contributed by atoms with E-state index in [0.29, 0.717) is 47.6 Å². The summed E-state index contributed by atoms with van der Waals surface area (Å²) in [5, 5.41) is 4.18. The van der Waals surface area contributed by atoms with Gasteiger partial charge in [-0.1, -0.05) is 35.3 Å². The van der Waals surface area contributed by atoms with Gasteiger partial charge in [0.15, 0.2) is 11.5 Å². The third-order valence-electron chi connectivity index (χ3n) is 4.08. The van der Waals surface area contributed by atoms with Crippen molar-refractivity contribution in [1.82, 2.24) is 5.32 Å². The lowest BCUT2D eigenvalue weighted by molar-refractivity contribution is -0.121. The minimum Gasteiger partial charge on any atom is -0.490 e. The van der Waals surface area contributed by atoms with Crippen LogP contribution in [0.3, 0.4) is 0 Å². The number of benzene rings is 2. The molecule has 1 N–H and O–H groups in total. The van der Waals surface area contributed by atoms with Gasteiger partial charge in [-0.2, -0.15) is 0 Å². The van der Waals surface area contributed by atoms with Crippen molar-refractivity contribution >= 4 is 29.1 Å². The van der Waals surface area contributed by atoms with Crippen molar-refractivity contribution in [2.24, 2.45) is 0 Å². The predicted molar refractivity (Wildman–Crippen MR) is 110 cm³/mol. The van der Waals surface area contributed by atoms with E-state index in [-0.39, 0.29) is 11.9 Å². The number of nitrogens with one attached hydrogen (secondary N) is 1. The highest BCUT2D eigenvalue weighted by molar-refractivity contribution is 6.35. The molecule has 0 bridgehead atoms. The molecule has 0 saturated carbocycles. The molecule has 146 valence electrons. The lowest BCUT2D eigenvalue weighted by Crippen LogP contribution is -2.26. The first-order valence-corrected chi connectivity index (χ1v) is 9.83. The van der Waals surface area contributed by atoms with Gasteiger partial charge in [0.1, 0.15) is 0 Å². The molecule has 2 aromatic carbocycles. The second-order valence-corrected chi connectivity index (χ2v) is 6.94. The summed E-state index contributed by atoms with van der Waals surface area (Å²) in [6, 6.07) is 10.9. The Morgan fingerprint density at radius 1 is 1.04 bits per heavy atom. The highest BCUT2D eigenvalue weighted by atomic mass is 35.5. The number of hydrogen-bond donors (Lipinski definition) is 1. The van der Waals surface area contributed by atoms with Crippen LogP contribution in [0.25, 0.3) is 0 Å². The Morgan fingerprint density at radius 2 is 1.74 bits per heavy atom. The minimum atomic E-state index is -0.145. The Morgan fingerprint density at radius 3 is 2.41 bits per heavy atom. The standard InChI is InChI=1S/C21H25Cl2NO3/c1-4-26-19-10-7-16(12-20(19)27-5-2)14(3)24-21(25)11-8-15-6-9-17(22)13-18(15)23/h6-7,9-10,12-14H,4-5,8,11H2,1-3H3,(H,24,25)/t14-/m1/s1. The first-order valence-electron chi connectivity index (χ1n) is 9.07. The molecule has 2 aromatic rings. The number of amides is 1. The minimum absolute atomic E-state index is 0.0413. The fraction of sp³-hybridized carbons (Fsp3) is 0.381. The molecule has 4 nitrogen and oxygen atoms in total. The van der Waals surface area contributed by atoms with Gasteiger partial charge in [-0.3, -0.25) is 4.79 Å². The summed E-state index contributed by atoms with van der Waals surface area (Å²) in [5.74, 6) is 1.35. The molecule has 0 fully saturated rings. The molecule has 0 unspecified atom stereocenters. The molecule has 27 heavy (non-hydrogen) atoms. The fourth-order valence-electron chi connectivity index (χ4n) is 2.71. The number of halogens is 2. The Labute approximate surface area is 170 Å². The first kappa shape index (κ1) is 21.4. The third kappa shape index (κ3) is 6.33. The van der Waals surface area contributed by atoms with Crippen molar-refractivity contribution < 1.29 is 14.3 Å². The Kier molecular flexibility index (Phi) is 8.26. The van der Waals surface area contributed by atoms with Crippen molar-refractivity contribution in [2.45, 2.75) is 39.7 Å². The summed E-state index contributed by atoms with van der Waals surface area (Å²) in [6.07, 6.45) is 0.906. The average molecular weight is 410 g/mol. The number of ether oxygens (including phenoxy) is 2. The Balaban J connectivity index is 1.98. The van der Waals surface area contributed by atoms with E-state index in [0.717, 1.165) is 11.1 Å². The molecule has 0 aliphatic carbocycles. The van der Waals surface area contributed by atoms with Crippen LogP contribution in [0.5, 0.6) is 11.5 Å². The summed E-state index contributed by atoms with van der Waals surface area (Å²) >= 11 is 12.1. The monoisotopic (exact) mass is 409 g/mol. The zero-order chi connectivity index (χ0) is 19.8. The van der Waals surface area contributed by atoms with Crippen molar-refractivity contribution in [3.05, 3.63) is 57.6 Å². The molecule has 6 heteroatoms. The van der Waals surface area contributed by atoms with E-state index in [1.54, 1.807) is 12.1 Å². The highest BCUT2D eigenvalue weighted by Gasteiger charge is 2.14. The molecule has 2 rings (SSSR count). The summed E-state index contributed by atoms with van der Waals surface area (Å²) in [5.41, 5.74) is 1.86. The number of hydrogen-bond acceptors (Lipinski definition) is 3. The molecular formula is C21H25Cl2NO3. The van der Waals surface area contributed by atoms with E-state index in [2.05, 4.69) is 5.32 Å². The molecule has 0 aliphatic heterocycles. The largest absolute Gasteiger partial charge is 0.490 e. The number of rotatable bonds is 9. The molecule has 0 saturated heterocycles. The molecular weight excluding hydrogens is 385 g/mol. The van der Waals surface area contributed by atoms with Crippen LogP contribution in [0.2, 0.25) is 10.0 Å². The number of carbonyl (C=O) groups is 1. The van der Waals surface area contributed by atoms with Crippen molar-refractivity contribution in [3.8, 4) is 11.5 Å². The van der Waals surface area contributed by atoms with Crippen LogP contribution in [-0.2, 0) is 11.2 Å². The van der Waals surface area contributed by atoms with E-state index in [1.807, 2.05) is 45.0 Å². The second-order valence-electron chi connectivity index (χ2n) is 6.10. The van der Waals surface area contributed by atoms with Gasteiger partial charge in [0.05, 0.1) is 19.3 Å². The van der Waals surface area contributed by atoms with E-state index in [9.17, 15) is 4.79 Å². The van der Waals surface area contributed by atoms with Gasteiger partial charge < -0.3 is 14.8 Å². The number of aryl methyl sites for hydroxylation is 1. The molecule has 0 spiro atoms. The van der Waals surface area contributed by atoms with Crippen molar-refractivity contribution in [3.63, 3.8) is 0 Å². The van der Waals surface area contributed by atoms with Crippen molar-refractivity contribution in [1.29, 1.82) is 0 Å². The Hall–Kier alpha value is -1.91. The van der Waals surface area contributed by atoms with Gasteiger partial charge in [-0.15, -0.1) is 0 Å². The van der Waals surface area contributed by atoms with Gasteiger partial charge >= 0.3 is 0 Å². The topological polar surface area (TPSA) is 47.6 Å². The molecule has 0 aliphatic rings.